The van der Waals surface area contributed by atoms with Crippen LogP contribution in [0, 0.1) is 18.8 Å². The molecule has 1 fully saturated rings. The van der Waals surface area contributed by atoms with E-state index in [1.165, 1.54) is 0 Å². The fourth-order valence-corrected chi connectivity index (χ4v) is 2.59. The molecular formula is C16H26N4O2. The minimum Gasteiger partial charge on any atom is -0.481 e. The van der Waals surface area contributed by atoms with Gasteiger partial charge in [0.25, 0.3) is 0 Å². The van der Waals surface area contributed by atoms with Crippen LogP contribution in [0.1, 0.15) is 32.4 Å². The lowest BCUT2D eigenvalue weighted by molar-refractivity contribution is -0.125. The number of methoxy groups -OCH3 is 1. The number of hydrogen-bond acceptors (Lipinski definition) is 5. The molecule has 0 spiro atoms. The van der Waals surface area contributed by atoms with E-state index in [9.17, 15) is 4.79 Å². The van der Waals surface area contributed by atoms with Gasteiger partial charge in [0, 0.05) is 31.4 Å². The molecule has 1 atom stereocenters. The maximum Gasteiger partial charge on any atom is 0.228 e. The average Bonchev–Trinajstić information content (AvgIpc) is 2.52. The van der Waals surface area contributed by atoms with E-state index >= 15 is 0 Å². The maximum atomic E-state index is 12.3. The van der Waals surface area contributed by atoms with E-state index in [0.717, 1.165) is 31.6 Å². The van der Waals surface area contributed by atoms with Crippen molar-refractivity contribution in [3.63, 3.8) is 0 Å². The highest BCUT2D eigenvalue weighted by atomic mass is 16.5. The summed E-state index contributed by atoms with van der Waals surface area (Å²) in [7, 11) is 1.60. The molecule has 0 aromatic carbocycles. The summed E-state index contributed by atoms with van der Waals surface area (Å²) >= 11 is 0. The first kappa shape index (κ1) is 16.5. The van der Waals surface area contributed by atoms with Crippen molar-refractivity contribution in [2.45, 2.75) is 33.6 Å². The first-order valence-electron chi connectivity index (χ1n) is 7.92. The molecular weight excluding hydrogens is 280 g/mol. The van der Waals surface area contributed by atoms with Gasteiger partial charge in [-0.15, -0.1) is 0 Å². The number of ether oxygens (including phenoxy) is 1. The minimum absolute atomic E-state index is 0.00241. The molecule has 1 aromatic heterocycles. The number of hydrogen-bond donors (Lipinski definition) is 1. The van der Waals surface area contributed by atoms with Gasteiger partial charge in [0.1, 0.15) is 0 Å². The van der Waals surface area contributed by atoms with Crippen LogP contribution in [0.4, 0.5) is 5.95 Å². The highest BCUT2D eigenvalue weighted by Gasteiger charge is 2.27. The van der Waals surface area contributed by atoms with Gasteiger partial charge >= 0.3 is 0 Å². The van der Waals surface area contributed by atoms with Gasteiger partial charge in [-0.1, -0.05) is 13.8 Å². The van der Waals surface area contributed by atoms with E-state index in [1.807, 2.05) is 6.92 Å². The summed E-state index contributed by atoms with van der Waals surface area (Å²) in [6.07, 6.45) is 1.89. The zero-order valence-corrected chi connectivity index (χ0v) is 13.9. The van der Waals surface area contributed by atoms with Crippen molar-refractivity contribution in [1.29, 1.82) is 0 Å². The van der Waals surface area contributed by atoms with E-state index in [4.69, 9.17) is 4.74 Å². The SMILES string of the molecule is COc1cc(C)nc(N2CCC[C@@H](C(=O)NCC(C)C)C2)n1. The van der Waals surface area contributed by atoms with Gasteiger partial charge in [-0.25, -0.2) is 4.98 Å². The van der Waals surface area contributed by atoms with Crippen LogP contribution >= 0.6 is 0 Å². The normalized spacial score (nSPS) is 18.4. The molecule has 0 bridgehead atoms. The summed E-state index contributed by atoms with van der Waals surface area (Å²) < 4.78 is 5.21. The third-order valence-electron chi connectivity index (χ3n) is 3.79. The summed E-state index contributed by atoms with van der Waals surface area (Å²) in [6.45, 7) is 8.38. The molecule has 2 rings (SSSR count). The fourth-order valence-electron chi connectivity index (χ4n) is 2.59. The van der Waals surface area contributed by atoms with Crippen molar-refractivity contribution < 1.29 is 9.53 Å². The number of carbonyl (C=O) groups excluding carboxylic acids is 1. The lowest BCUT2D eigenvalue weighted by Crippen LogP contribution is -2.44. The molecule has 1 aliphatic heterocycles. The highest BCUT2D eigenvalue weighted by molar-refractivity contribution is 5.79. The number of nitrogens with one attached hydrogen (secondary N) is 1. The number of amides is 1. The molecule has 6 nitrogen and oxygen atoms in total. The Morgan fingerprint density at radius 1 is 1.50 bits per heavy atom. The fraction of sp³-hybridized carbons (Fsp3) is 0.688. The zero-order valence-electron chi connectivity index (χ0n) is 13.9. The second kappa shape index (κ2) is 7.42. The summed E-state index contributed by atoms with van der Waals surface area (Å²) in [5, 5.41) is 3.03. The summed E-state index contributed by atoms with van der Waals surface area (Å²) in [4.78, 5) is 23.2. The van der Waals surface area contributed by atoms with Crippen LogP contribution in [-0.2, 0) is 4.79 Å². The molecule has 0 aliphatic carbocycles. The van der Waals surface area contributed by atoms with E-state index in [-0.39, 0.29) is 11.8 Å². The Kier molecular flexibility index (Phi) is 5.57. The molecule has 0 radical (unpaired) electrons. The number of aryl methyl sites for hydroxylation is 1. The van der Waals surface area contributed by atoms with Crippen LogP contribution in [0.25, 0.3) is 0 Å². The van der Waals surface area contributed by atoms with Gasteiger partial charge in [-0.3, -0.25) is 4.79 Å². The Balaban J connectivity index is 2.04. The van der Waals surface area contributed by atoms with Gasteiger partial charge in [0.05, 0.1) is 13.0 Å². The van der Waals surface area contributed by atoms with E-state index in [0.29, 0.717) is 24.3 Å². The van der Waals surface area contributed by atoms with E-state index < -0.39 is 0 Å². The van der Waals surface area contributed by atoms with Gasteiger partial charge in [-0.05, 0) is 25.7 Å². The molecule has 122 valence electrons. The molecule has 1 N–H and O–H groups in total. The zero-order chi connectivity index (χ0) is 16.1. The van der Waals surface area contributed by atoms with Crippen molar-refractivity contribution in [1.82, 2.24) is 15.3 Å². The quantitative estimate of drug-likeness (QED) is 0.898. The van der Waals surface area contributed by atoms with Crippen LogP contribution in [0.15, 0.2) is 6.07 Å². The molecule has 6 heteroatoms. The molecule has 0 unspecified atom stereocenters. The van der Waals surface area contributed by atoms with Crippen molar-refractivity contribution in [3.8, 4) is 5.88 Å². The Morgan fingerprint density at radius 3 is 2.95 bits per heavy atom. The van der Waals surface area contributed by atoms with Crippen LogP contribution in [-0.4, -0.2) is 42.6 Å². The first-order valence-corrected chi connectivity index (χ1v) is 7.92. The number of piperidine rings is 1. The molecule has 1 amide bonds. The molecule has 1 aromatic rings. The van der Waals surface area contributed by atoms with Crippen molar-refractivity contribution >= 4 is 11.9 Å². The third kappa shape index (κ3) is 4.32. The predicted octanol–water partition coefficient (Wildman–Crippen LogP) is 1.78. The summed E-state index contributed by atoms with van der Waals surface area (Å²) in [6, 6.07) is 1.81. The van der Waals surface area contributed by atoms with Crippen LogP contribution in [0.2, 0.25) is 0 Å². The smallest absolute Gasteiger partial charge is 0.228 e. The van der Waals surface area contributed by atoms with Gasteiger partial charge in [0.15, 0.2) is 0 Å². The Hall–Kier alpha value is -1.85. The maximum absolute atomic E-state index is 12.3. The van der Waals surface area contributed by atoms with Crippen LogP contribution < -0.4 is 15.0 Å². The lowest BCUT2D eigenvalue weighted by atomic mass is 9.97. The molecule has 1 saturated heterocycles. The molecule has 0 saturated carbocycles. The Bertz CT molecular complexity index is 519. The lowest BCUT2D eigenvalue weighted by Gasteiger charge is -2.32. The second-order valence-corrected chi connectivity index (χ2v) is 6.28. The van der Waals surface area contributed by atoms with Crippen LogP contribution in [0.3, 0.4) is 0 Å². The first-order chi connectivity index (χ1) is 10.5. The largest absolute Gasteiger partial charge is 0.481 e. The predicted molar refractivity (Wildman–Crippen MR) is 86.1 cm³/mol. The topological polar surface area (TPSA) is 67.3 Å². The number of carbonyl (C=O) groups is 1. The van der Waals surface area contributed by atoms with Gasteiger partial charge in [0.2, 0.25) is 17.7 Å². The molecule has 1 aliphatic rings. The van der Waals surface area contributed by atoms with E-state index in [2.05, 4.69) is 34.0 Å². The van der Waals surface area contributed by atoms with Crippen molar-refractivity contribution in [2.24, 2.45) is 11.8 Å². The molecule has 22 heavy (non-hydrogen) atoms. The third-order valence-corrected chi connectivity index (χ3v) is 3.79. The van der Waals surface area contributed by atoms with Crippen molar-refractivity contribution in [3.05, 3.63) is 11.8 Å². The van der Waals surface area contributed by atoms with Gasteiger partial charge < -0.3 is 15.0 Å². The standard InChI is InChI=1S/C16H26N4O2/c1-11(2)9-17-15(21)13-6-5-7-20(10-13)16-18-12(3)8-14(19-16)22-4/h8,11,13H,5-7,9-10H2,1-4H3,(H,17,21)/t13-/m1/s1. The molecule has 2 heterocycles. The van der Waals surface area contributed by atoms with Crippen LogP contribution in [0.5, 0.6) is 5.88 Å². The second-order valence-electron chi connectivity index (χ2n) is 6.28. The van der Waals surface area contributed by atoms with E-state index in [1.54, 1.807) is 13.2 Å². The number of nitrogens with zero attached hydrogens (tertiary/aromatic N) is 3. The monoisotopic (exact) mass is 306 g/mol. The number of anilines is 1. The average molecular weight is 306 g/mol. The Morgan fingerprint density at radius 2 is 2.27 bits per heavy atom. The highest BCUT2D eigenvalue weighted by Crippen LogP contribution is 2.22. The summed E-state index contributed by atoms with van der Waals surface area (Å²) in [5.41, 5.74) is 0.869. The van der Waals surface area contributed by atoms with Gasteiger partial charge in [-0.2, -0.15) is 4.98 Å². The Labute approximate surface area is 132 Å². The number of rotatable bonds is 5. The van der Waals surface area contributed by atoms with Crippen molar-refractivity contribution in [2.75, 3.05) is 31.6 Å². The number of aromatic nitrogens is 2. The summed E-state index contributed by atoms with van der Waals surface area (Å²) in [5.74, 6) is 1.82. The minimum atomic E-state index is 0.00241.